The third kappa shape index (κ3) is 7.52. The minimum Gasteiger partial charge on any atom is -0.309 e. The van der Waals surface area contributed by atoms with E-state index in [4.69, 9.17) is 0 Å². The highest BCUT2D eigenvalue weighted by molar-refractivity contribution is 6.23. The van der Waals surface area contributed by atoms with E-state index in [-0.39, 0.29) is 5.41 Å². The fraction of sp³-hybridized carbons (Fsp3) is 0.283. The van der Waals surface area contributed by atoms with Gasteiger partial charge in [-0.3, -0.25) is 0 Å². The summed E-state index contributed by atoms with van der Waals surface area (Å²) in [5.74, 6) is 1.28. The first kappa shape index (κ1) is 38.0. The molecule has 2 heteroatoms. The van der Waals surface area contributed by atoms with Gasteiger partial charge in [-0.15, -0.1) is 0 Å². The van der Waals surface area contributed by atoms with E-state index in [1.54, 1.807) is 0 Å². The van der Waals surface area contributed by atoms with E-state index in [1.807, 2.05) is 0 Å². The summed E-state index contributed by atoms with van der Waals surface area (Å²) < 4.78 is 0. The van der Waals surface area contributed by atoms with Crippen LogP contribution in [0.2, 0.25) is 0 Å². The molecule has 0 amide bonds. The van der Waals surface area contributed by atoms with E-state index in [2.05, 4.69) is 219 Å². The van der Waals surface area contributed by atoms with Crippen LogP contribution in [0.4, 0.5) is 34.1 Å². The lowest BCUT2D eigenvalue weighted by molar-refractivity contribution is 0.591. The molecule has 55 heavy (non-hydrogen) atoms. The number of benzene rings is 7. The molecule has 0 atom stereocenters. The van der Waals surface area contributed by atoms with E-state index in [9.17, 15) is 0 Å². The lowest BCUT2D eigenvalue weighted by atomic mass is 9.84. The van der Waals surface area contributed by atoms with Crippen LogP contribution in [-0.4, -0.2) is 0 Å². The van der Waals surface area contributed by atoms with Crippen LogP contribution in [0.15, 0.2) is 133 Å². The van der Waals surface area contributed by atoms with E-state index in [0.717, 1.165) is 22.7 Å². The van der Waals surface area contributed by atoms with Crippen molar-refractivity contribution in [2.24, 2.45) is 0 Å². The van der Waals surface area contributed by atoms with Gasteiger partial charge < -0.3 is 9.80 Å². The molecule has 0 heterocycles. The molecule has 0 aliphatic heterocycles. The zero-order chi connectivity index (χ0) is 39.2. The number of aryl methyl sites for hydroxylation is 2. The second-order valence-corrected chi connectivity index (χ2v) is 17.5. The molecule has 7 rings (SSSR count). The Morgan fingerprint density at radius 1 is 0.364 bits per heavy atom. The van der Waals surface area contributed by atoms with Crippen molar-refractivity contribution in [2.45, 2.75) is 99.3 Å². The fourth-order valence-corrected chi connectivity index (χ4v) is 7.73. The van der Waals surface area contributed by atoms with Gasteiger partial charge in [-0.05, 0) is 120 Å². The molecule has 0 spiro atoms. The van der Waals surface area contributed by atoms with Crippen molar-refractivity contribution in [3.05, 3.63) is 167 Å². The van der Waals surface area contributed by atoms with Crippen molar-refractivity contribution < 1.29 is 0 Å². The lowest BCUT2D eigenvalue weighted by Gasteiger charge is -2.34. The summed E-state index contributed by atoms with van der Waals surface area (Å²) in [7, 11) is 0. The zero-order valence-electron chi connectivity index (χ0n) is 34.8. The van der Waals surface area contributed by atoms with Crippen LogP contribution in [-0.2, 0) is 5.41 Å². The highest BCUT2D eigenvalue weighted by atomic mass is 15.2. The van der Waals surface area contributed by atoms with Gasteiger partial charge in [0, 0.05) is 44.3 Å². The summed E-state index contributed by atoms with van der Waals surface area (Å²) in [4.78, 5) is 5.01. The summed E-state index contributed by atoms with van der Waals surface area (Å²) in [5, 5.41) is 4.92. The maximum absolute atomic E-state index is 2.51. The van der Waals surface area contributed by atoms with Gasteiger partial charge in [-0.25, -0.2) is 0 Å². The van der Waals surface area contributed by atoms with Crippen molar-refractivity contribution in [1.29, 1.82) is 0 Å². The van der Waals surface area contributed by atoms with Crippen LogP contribution < -0.4 is 9.80 Å². The number of rotatable bonds is 9. The number of hydrogen-bond donors (Lipinski definition) is 0. The monoisotopic (exact) mass is 722 g/mol. The number of anilines is 6. The Bertz CT molecular complexity index is 2420. The predicted octanol–water partition coefficient (Wildman–Crippen LogP) is 16.2. The van der Waals surface area contributed by atoms with Crippen molar-refractivity contribution in [1.82, 2.24) is 0 Å². The van der Waals surface area contributed by atoms with Gasteiger partial charge in [-0.2, -0.15) is 0 Å². The van der Waals surface area contributed by atoms with Gasteiger partial charge in [0.15, 0.2) is 0 Å². The third-order valence-electron chi connectivity index (χ3n) is 11.3. The maximum Gasteiger partial charge on any atom is 0.0620 e. The first-order chi connectivity index (χ1) is 26.2. The molecular weight excluding hydrogens is 665 g/mol. The van der Waals surface area contributed by atoms with Gasteiger partial charge in [0.1, 0.15) is 0 Å². The molecule has 0 saturated carbocycles. The Morgan fingerprint density at radius 2 is 0.691 bits per heavy atom. The molecule has 0 radical (unpaired) electrons. The lowest BCUT2D eigenvalue weighted by Crippen LogP contribution is -2.16. The van der Waals surface area contributed by atoms with E-state index < -0.39 is 0 Å². The predicted molar refractivity (Wildman–Crippen MR) is 241 cm³/mol. The fourth-order valence-electron chi connectivity index (χ4n) is 7.73. The molecule has 0 aliphatic rings. The molecule has 0 aliphatic carbocycles. The Morgan fingerprint density at radius 3 is 1.05 bits per heavy atom. The highest BCUT2D eigenvalue weighted by Crippen LogP contribution is 2.52. The summed E-state index contributed by atoms with van der Waals surface area (Å²) in [6.45, 7) is 25.0. The smallest absolute Gasteiger partial charge is 0.0620 e. The molecule has 0 unspecified atom stereocenters. The molecule has 0 aromatic heterocycles. The highest BCUT2D eigenvalue weighted by Gasteiger charge is 2.27. The summed E-state index contributed by atoms with van der Waals surface area (Å²) in [5.41, 5.74) is 14.8. The number of fused-ring (bicyclic) bond motifs is 2. The Balaban J connectivity index is 1.67. The molecule has 280 valence electrons. The second kappa shape index (κ2) is 15.1. The molecule has 2 nitrogen and oxygen atoms in total. The summed E-state index contributed by atoms with van der Waals surface area (Å²) in [6.07, 6.45) is 0. The molecule has 0 bridgehead atoms. The van der Waals surface area contributed by atoms with Crippen molar-refractivity contribution in [3.63, 3.8) is 0 Å². The van der Waals surface area contributed by atoms with E-state index >= 15 is 0 Å². The van der Waals surface area contributed by atoms with Gasteiger partial charge in [0.05, 0.1) is 11.4 Å². The number of nitrogens with zero attached hydrogens (tertiary/aromatic N) is 2. The maximum atomic E-state index is 2.51. The van der Waals surface area contributed by atoms with Crippen LogP contribution in [0, 0.1) is 13.8 Å². The molecule has 7 aromatic rings. The molecule has 7 aromatic carbocycles. The first-order valence-corrected chi connectivity index (χ1v) is 20.2. The van der Waals surface area contributed by atoms with Crippen LogP contribution >= 0.6 is 0 Å². The van der Waals surface area contributed by atoms with Crippen molar-refractivity contribution >= 4 is 55.7 Å². The van der Waals surface area contributed by atoms with Gasteiger partial charge in [0.2, 0.25) is 0 Å². The Kier molecular flexibility index (Phi) is 10.4. The zero-order valence-corrected chi connectivity index (χ0v) is 34.8. The van der Waals surface area contributed by atoms with Crippen LogP contribution in [0.3, 0.4) is 0 Å². The summed E-state index contributed by atoms with van der Waals surface area (Å²) >= 11 is 0. The van der Waals surface area contributed by atoms with Crippen LogP contribution in [0.5, 0.6) is 0 Å². The van der Waals surface area contributed by atoms with Crippen molar-refractivity contribution in [3.8, 4) is 0 Å². The van der Waals surface area contributed by atoms with Gasteiger partial charge >= 0.3 is 0 Å². The quantitative estimate of drug-likeness (QED) is 0.108. The standard InChI is InChI=1S/C53H58N2/c1-34(2)39-16-26-45(27-17-39)54(43-22-12-37(7)13-23-43)51-48-31-21-42(53(9,10)11)33-50(48)52(47-30-20-41(36(5)6)32-49(47)51)55(44-24-14-38(8)15-25-44)46-28-18-40(19-29-46)35(3)4/h12-36H,1-11H3. The van der Waals surface area contributed by atoms with Crippen LogP contribution in [0.25, 0.3) is 21.5 Å². The minimum atomic E-state index is -0.0427. The van der Waals surface area contributed by atoms with E-state index in [0.29, 0.717) is 17.8 Å². The topological polar surface area (TPSA) is 6.48 Å². The van der Waals surface area contributed by atoms with Gasteiger partial charge in [0.25, 0.3) is 0 Å². The second-order valence-electron chi connectivity index (χ2n) is 17.5. The molecule has 0 N–H and O–H groups in total. The first-order valence-electron chi connectivity index (χ1n) is 20.2. The third-order valence-corrected chi connectivity index (χ3v) is 11.3. The largest absolute Gasteiger partial charge is 0.309 e. The molecule has 0 fully saturated rings. The Labute approximate surface area is 330 Å². The number of hydrogen-bond acceptors (Lipinski definition) is 2. The normalized spacial score (nSPS) is 12.0. The van der Waals surface area contributed by atoms with E-state index in [1.165, 1.54) is 66.3 Å². The average Bonchev–Trinajstić information content (AvgIpc) is 3.16. The minimum absolute atomic E-state index is 0.0427. The van der Waals surface area contributed by atoms with Crippen LogP contribution in [0.1, 0.15) is 113 Å². The Hall–Kier alpha value is -5.34. The molecule has 0 saturated heterocycles. The average molecular weight is 723 g/mol. The molecular formula is C53H58N2. The van der Waals surface area contributed by atoms with Crippen molar-refractivity contribution in [2.75, 3.05) is 9.80 Å². The summed E-state index contributed by atoms with van der Waals surface area (Å²) in [6, 6.07) is 51.0. The SMILES string of the molecule is Cc1ccc(N(c2ccc(C(C)C)cc2)c2c3ccc(C(C)(C)C)cc3c(N(c3ccc(C)cc3)c3ccc(C(C)C)cc3)c3ccc(C(C)C)cc23)cc1. The van der Waals surface area contributed by atoms with Gasteiger partial charge in [-0.1, -0.05) is 146 Å².